The highest BCUT2D eigenvalue weighted by atomic mass is 16.1. The number of hydrogen-bond donors (Lipinski definition) is 2. The van der Waals surface area contributed by atoms with Crippen LogP contribution in [0.25, 0.3) is 0 Å². The molecule has 3 atom stereocenters. The van der Waals surface area contributed by atoms with E-state index in [1.165, 1.54) is 19.3 Å². The fourth-order valence-corrected chi connectivity index (χ4v) is 4.66. The summed E-state index contributed by atoms with van der Waals surface area (Å²) in [7, 11) is 0. The van der Waals surface area contributed by atoms with Crippen LogP contribution in [0.15, 0.2) is 18.2 Å². The molecule has 1 amide bonds. The van der Waals surface area contributed by atoms with Crippen LogP contribution < -0.4 is 11.1 Å². The molecular formula is C18H26N2O. The van der Waals surface area contributed by atoms with E-state index in [-0.39, 0.29) is 22.8 Å². The number of nitrogen functional groups attached to an aromatic ring is 1. The van der Waals surface area contributed by atoms with E-state index < -0.39 is 0 Å². The molecule has 3 N–H and O–H groups in total. The molecule has 3 heteroatoms. The van der Waals surface area contributed by atoms with Crippen LogP contribution in [-0.4, -0.2) is 11.9 Å². The number of fused-ring (bicyclic) bond motifs is 2. The Kier molecular flexibility index (Phi) is 3.09. The lowest BCUT2D eigenvalue weighted by atomic mass is 9.68. The van der Waals surface area contributed by atoms with Crippen LogP contribution in [0, 0.1) is 23.7 Å². The minimum Gasteiger partial charge on any atom is -0.398 e. The van der Waals surface area contributed by atoms with Gasteiger partial charge in [0.1, 0.15) is 0 Å². The third-order valence-electron chi connectivity index (χ3n) is 6.09. The lowest BCUT2D eigenvalue weighted by molar-refractivity contribution is 0.0737. The standard InChI is InChI=1S/C18H26N2O/c1-11-5-6-12(9-14(11)19)15(21)20-16-17(2,3)13-7-8-18(16,4)10-13/h5-6,9,13,16H,7-8,10,19H2,1-4H3,(H,20,21). The molecule has 0 aromatic heterocycles. The molecule has 3 unspecified atom stereocenters. The largest absolute Gasteiger partial charge is 0.398 e. The van der Waals surface area contributed by atoms with Gasteiger partial charge < -0.3 is 11.1 Å². The molecule has 0 saturated heterocycles. The van der Waals surface area contributed by atoms with Crippen LogP contribution in [-0.2, 0) is 0 Å². The van der Waals surface area contributed by atoms with E-state index in [0.717, 1.165) is 11.5 Å². The molecule has 2 saturated carbocycles. The number of aryl methyl sites for hydroxylation is 1. The first-order valence-corrected chi connectivity index (χ1v) is 7.91. The van der Waals surface area contributed by atoms with Gasteiger partial charge in [0, 0.05) is 17.3 Å². The van der Waals surface area contributed by atoms with Gasteiger partial charge in [-0.2, -0.15) is 0 Å². The van der Waals surface area contributed by atoms with Gasteiger partial charge in [0.2, 0.25) is 0 Å². The van der Waals surface area contributed by atoms with Gasteiger partial charge >= 0.3 is 0 Å². The van der Waals surface area contributed by atoms with Crippen molar-refractivity contribution in [1.82, 2.24) is 5.32 Å². The Morgan fingerprint density at radius 2 is 2.05 bits per heavy atom. The molecule has 0 spiro atoms. The van der Waals surface area contributed by atoms with Gasteiger partial charge in [0.05, 0.1) is 0 Å². The van der Waals surface area contributed by atoms with Crippen molar-refractivity contribution >= 4 is 11.6 Å². The van der Waals surface area contributed by atoms with Crippen molar-refractivity contribution in [3.63, 3.8) is 0 Å². The van der Waals surface area contributed by atoms with Crippen LogP contribution in [0.1, 0.15) is 56.0 Å². The van der Waals surface area contributed by atoms with Crippen molar-refractivity contribution in [3.8, 4) is 0 Å². The number of anilines is 1. The highest BCUT2D eigenvalue weighted by Gasteiger charge is 2.59. The van der Waals surface area contributed by atoms with Gasteiger partial charge in [-0.15, -0.1) is 0 Å². The van der Waals surface area contributed by atoms with Gasteiger partial charge in [-0.25, -0.2) is 0 Å². The van der Waals surface area contributed by atoms with E-state index in [2.05, 4.69) is 26.1 Å². The zero-order chi connectivity index (χ0) is 15.4. The Bertz CT molecular complexity index is 588. The summed E-state index contributed by atoms with van der Waals surface area (Å²) in [4.78, 5) is 12.6. The van der Waals surface area contributed by atoms with Crippen molar-refractivity contribution in [3.05, 3.63) is 29.3 Å². The van der Waals surface area contributed by atoms with Crippen molar-refractivity contribution in [2.75, 3.05) is 5.73 Å². The zero-order valence-corrected chi connectivity index (χ0v) is 13.5. The van der Waals surface area contributed by atoms with Gasteiger partial charge in [0.25, 0.3) is 5.91 Å². The number of nitrogens with one attached hydrogen (secondary N) is 1. The SMILES string of the molecule is Cc1ccc(C(=O)NC2C3(C)CCC(C3)C2(C)C)cc1N. The molecule has 1 aromatic carbocycles. The quantitative estimate of drug-likeness (QED) is 0.817. The maximum Gasteiger partial charge on any atom is 0.251 e. The third kappa shape index (κ3) is 2.14. The first kappa shape index (κ1) is 14.4. The van der Waals surface area contributed by atoms with Gasteiger partial charge in [-0.3, -0.25) is 4.79 Å². The molecule has 114 valence electrons. The predicted octanol–water partition coefficient (Wildman–Crippen LogP) is 3.52. The van der Waals surface area contributed by atoms with Crippen molar-refractivity contribution in [2.24, 2.45) is 16.7 Å². The smallest absolute Gasteiger partial charge is 0.251 e. The molecule has 0 radical (unpaired) electrons. The minimum absolute atomic E-state index is 0.00792. The molecule has 2 aliphatic rings. The summed E-state index contributed by atoms with van der Waals surface area (Å²) in [5.74, 6) is 0.740. The fourth-order valence-electron chi connectivity index (χ4n) is 4.66. The van der Waals surface area contributed by atoms with Crippen LogP contribution in [0.3, 0.4) is 0 Å². The molecule has 2 fully saturated rings. The number of benzene rings is 1. The van der Waals surface area contributed by atoms with Crippen LogP contribution in [0.4, 0.5) is 5.69 Å². The topological polar surface area (TPSA) is 55.1 Å². The number of nitrogens with two attached hydrogens (primary N) is 1. The third-order valence-corrected chi connectivity index (χ3v) is 6.09. The van der Waals surface area contributed by atoms with E-state index >= 15 is 0 Å². The number of amides is 1. The number of carbonyl (C=O) groups excluding carboxylic acids is 1. The second-order valence-corrected chi connectivity index (χ2v) is 7.89. The average Bonchev–Trinajstić information content (AvgIpc) is 2.89. The Labute approximate surface area is 127 Å². The van der Waals surface area contributed by atoms with Crippen molar-refractivity contribution < 1.29 is 4.79 Å². The number of hydrogen-bond acceptors (Lipinski definition) is 2. The molecule has 2 bridgehead atoms. The van der Waals surface area contributed by atoms with Crippen molar-refractivity contribution in [1.29, 1.82) is 0 Å². The molecule has 1 aromatic rings. The summed E-state index contributed by atoms with van der Waals surface area (Å²) in [6.45, 7) is 8.89. The Morgan fingerprint density at radius 3 is 2.62 bits per heavy atom. The lowest BCUT2D eigenvalue weighted by Crippen LogP contribution is -2.52. The second-order valence-electron chi connectivity index (χ2n) is 7.89. The maximum absolute atomic E-state index is 12.6. The van der Waals surface area contributed by atoms with Crippen LogP contribution in [0.5, 0.6) is 0 Å². The summed E-state index contributed by atoms with van der Waals surface area (Å²) in [6.07, 6.45) is 3.76. The van der Waals surface area contributed by atoms with Gasteiger partial charge in [0.15, 0.2) is 0 Å². The van der Waals surface area contributed by atoms with Crippen LogP contribution in [0.2, 0.25) is 0 Å². The van der Waals surface area contributed by atoms with Gasteiger partial charge in [-0.05, 0) is 60.6 Å². The van der Waals surface area contributed by atoms with E-state index in [1.807, 2.05) is 19.1 Å². The predicted molar refractivity (Wildman–Crippen MR) is 86.1 cm³/mol. The summed E-state index contributed by atoms with van der Waals surface area (Å²) in [5.41, 5.74) is 8.72. The molecule has 21 heavy (non-hydrogen) atoms. The summed E-state index contributed by atoms with van der Waals surface area (Å²) in [5, 5.41) is 3.31. The zero-order valence-electron chi connectivity index (χ0n) is 13.5. The van der Waals surface area contributed by atoms with Gasteiger partial charge in [-0.1, -0.05) is 26.8 Å². The summed E-state index contributed by atoms with van der Waals surface area (Å²) in [6, 6.07) is 5.81. The highest BCUT2D eigenvalue weighted by molar-refractivity contribution is 5.95. The first-order chi connectivity index (χ1) is 9.74. The molecule has 3 rings (SSSR count). The lowest BCUT2D eigenvalue weighted by Gasteiger charge is -2.43. The van der Waals surface area contributed by atoms with Crippen molar-refractivity contribution in [2.45, 2.75) is 53.0 Å². The van der Waals surface area contributed by atoms with E-state index in [0.29, 0.717) is 11.3 Å². The van der Waals surface area contributed by atoms with E-state index in [1.54, 1.807) is 6.07 Å². The minimum atomic E-state index is 0.00792. The fraction of sp³-hybridized carbons (Fsp3) is 0.611. The van der Waals surface area contributed by atoms with E-state index in [4.69, 9.17) is 5.73 Å². The summed E-state index contributed by atoms with van der Waals surface area (Å²) >= 11 is 0. The molecule has 2 aliphatic carbocycles. The molecule has 3 nitrogen and oxygen atoms in total. The monoisotopic (exact) mass is 286 g/mol. The molecule has 0 heterocycles. The first-order valence-electron chi connectivity index (χ1n) is 7.91. The average molecular weight is 286 g/mol. The molecular weight excluding hydrogens is 260 g/mol. The maximum atomic E-state index is 12.6. The Morgan fingerprint density at radius 1 is 1.33 bits per heavy atom. The van der Waals surface area contributed by atoms with Crippen LogP contribution >= 0.6 is 0 Å². The molecule has 0 aliphatic heterocycles. The van der Waals surface area contributed by atoms with E-state index in [9.17, 15) is 4.79 Å². The Hall–Kier alpha value is -1.51. The number of carbonyl (C=O) groups is 1. The highest BCUT2D eigenvalue weighted by Crippen LogP contribution is 2.62. The second kappa shape index (κ2) is 4.49. The number of rotatable bonds is 2. The summed E-state index contributed by atoms with van der Waals surface area (Å²) < 4.78 is 0. The normalized spacial score (nSPS) is 33.1. The Balaban J connectivity index is 1.83.